The van der Waals surface area contributed by atoms with Gasteiger partial charge in [0.05, 0.1) is 6.07 Å². The van der Waals surface area contributed by atoms with Crippen LogP contribution in [0.4, 0.5) is 0 Å². The van der Waals surface area contributed by atoms with E-state index in [1.807, 2.05) is 13.8 Å². The zero-order valence-electron chi connectivity index (χ0n) is 11.3. The normalized spacial score (nSPS) is 21.3. The van der Waals surface area contributed by atoms with Gasteiger partial charge in [-0.05, 0) is 25.2 Å². The summed E-state index contributed by atoms with van der Waals surface area (Å²) in [5.74, 6) is -1.03. The lowest BCUT2D eigenvalue weighted by Gasteiger charge is -2.36. The Labute approximate surface area is 108 Å². The highest BCUT2D eigenvalue weighted by molar-refractivity contribution is 5.89. The molecular formula is C13H21N3O2. The van der Waals surface area contributed by atoms with E-state index in [-0.39, 0.29) is 17.7 Å². The van der Waals surface area contributed by atoms with Crippen LogP contribution in [0.5, 0.6) is 0 Å². The third-order valence-electron chi connectivity index (χ3n) is 3.41. The summed E-state index contributed by atoms with van der Waals surface area (Å²) in [6.07, 6.45) is 2.53. The number of amides is 2. The molecule has 0 saturated carbocycles. The van der Waals surface area contributed by atoms with Gasteiger partial charge in [0.1, 0.15) is 12.0 Å². The molecule has 1 fully saturated rings. The summed E-state index contributed by atoms with van der Waals surface area (Å²) in [4.78, 5) is 25.7. The number of likely N-dealkylation sites (N-methyl/N-ethyl adjacent to an activating group) is 1. The fourth-order valence-electron chi connectivity index (χ4n) is 2.30. The van der Waals surface area contributed by atoms with E-state index in [1.54, 1.807) is 11.9 Å². The SMILES string of the molecule is CNC(=O)C1CCCCN1C(=O)C(C#N)C(C)C. The Bertz CT molecular complexity index is 360. The zero-order valence-corrected chi connectivity index (χ0v) is 11.3. The van der Waals surface area contributed by atoms with E-state index in [2.05, 4.69) is 11.4 Å². The number of likely N-dealkylation sites (tertiary alicyclic amines) is 1. The van der Waals surface area contributed by atoms with E-state index in [9.17, 15) is 9.59 Å². The summed E-state index contributed by atoms with van der Waals surface area (Å²) in [5.41, 5.74) is 0. The zero-order chi connectivity index (χ0) is 13.7. The maximum absolute atomic E-state index is 12.3. The first-order chi connectivity index (χ1) is 8.52. The van der Waals surface area contributed by atoms with Gasteiger partial charge in [0, 0.05) is 13.6 Å². The van der Waals surface area contributed by atoms with Crippen molar-refractivity contribution in [2.24, 2.45) is 11.8 Å². The molecule has 2 atom stereocenters. The monoisotopic (exact) mass is 251 g/mol. The van der Waals surface area contributed by atoms with Gasteiger partial charge in [0.2, 0.25) is 11.8 Å². The molecule has 0 aromatic heterocycles. The van der Waals surface area contributed by atoms with Crippen molar-refractivity contribution in [1.29, 1.82) is 5.26 Å². The van der Waals surface area contributed by atoms with Crippen LogP contribution in [0.25, 0.3) is 0 Å². The standard InChI is InChI=1S/C13H21N3O2/c1-9(2)10(8-14)13(18)16-7-5-4-6-11(16)12(17)15-3/h9-11H,4-7H2,1-3H3,(H,15,17). The number of nitriles is 1. The largest absolute Gasteiger partial charge is 0.357 e. The highest BCUT2D eigenvalue weighted by Gasteiger charge is 2.36. The maximum Gasteiger partial charge on any atom is 0.242 e. The van der Waals surface area contributed by atoms with Gasteiger partial charge in [0.15, 0.2) is 0 Å². The van der Waals surface area contributed by atoms with Crippen LogP contribution < -0.4 is 5.32 Å². The molecular weight excluding hydrogens is 230 g/mol. The Morgan fingerprint density at radius 3 is 2.56 bits per heavy atom. The van der Waals surface area contributed by atoms with Crippen molar-refractivity contribution < 1.29 is 9.59 Å². The molecule has 0 aliphatic carbocycles. The molecule has 1 rings (SSSR count). The van der Waals surface area contributed by atoms with Crippen molar-refractivity contribution in [1.82, 2.24) is 10.2 Å². The summed E-state index contributed by atoms with van der Waals surface area (Å²) < 4.78 is 0. The van der Waals surface area contributed by atoms with Crippen molar-refractivity contribution in [2.45, 2.75) is 39.2 Å². The number of hydrogen-bond acceptors (Lipinski definition) is 3. The van der Waals surface area contributed by atoms with Crippen LogP contribution in [0.15, 0.2) is 0 Å². The number of carbonyl (C=O) groups is 2. The van der Waals surface area contributed by atoms with Crippen LogP contribution in [-0.4, -0.2) is 36.3 Å². The van der Waals surface area contributed by atoms with Crippen LogP contribution in [0.3, 0.4) is 0 Å². The highest BCUT2D eigenvalue weighted by Crippen LogP contribution is 2.22. The Morgan fingerprint density at radius 1 is 1.39 bits per heavy atom. The minimum atomic E-state index is -0.657. The summed E-state index contributed by atoms with van der Waals surface area (Å²) >= 11 is 0. The number of piperidine rings is 1. The van der Waals surface area contributed by atoms with E-state index < -0.39 is 12.0 Å². The molecule has 18 heavy (non-hydrogen) atoms. The molecule has 0 aromatic rings. The number of hydrogen-bond donors (Lipinski definition) is 1. The lowest BCUT2D eigenvalue weighted by molar-refractivity contribution is -0.144. The number of nitrogens with one attached hydrogen (secondary N) is 1. The molecule has 1 heterocycles. The predicted molar refractivity (Wildman–Crippen MR) is 67.4 cm³/mol. The maximum atomic E-state index is 12.3. The average molecular weight is 251 g/mol. The van der Waals surface area contributed by atoms with E-state index in [0.29, 0.717) is 13.0 Å². The smallest absolute Gasteiger partial charge is 0.242 e. The fraction of sp³-hybridized carbons (Fsp3) is 0.769. The van der Waals surface area contributed by atoms with Crippen molar-refractivity contribution in [2.75, 3.05) is 13.6 Å². The Balaban J connectivity index is 2.87. The minimum absolute atomic E-state index is 0.0326. The molecule has 1 aliphatic heterocycles. The lowest BCUT2D eigenvalue weighted by atomic mass is 9.93. The molecule has 100 valence electrons. The van der Waals surface area contributed by atoms with Gasteiger partial charge in [-0.1, -0.05) is 13.8 Å². The highest BCUT2D eigenvalue weighted by atomic mass is 16.2. The molecule has 1 N–H and O–H groups in total. The molecule has 1 aliphatic rings. The lowest BCUT2D eigenvalue weighted by Crippen LogP contribution is -2.53. The number of nitrogens with zero attached hydrogens (tertiary/aromatic N) is 2. The van der Waals surface area contributed by atoms with Crippen LogP contribution in [0.1, 0.15) is 33.1 Å². The third kappa shape index (κ3) is 3.00. The molecule has 1 saturated heterocycles. The second-order valence-corrected chi connectivity index (χ2v) is 5.01. The van der Waals surface area contributed by atoms with Crippen molar-refractivity contribution >= 4 is 11.8 Å². The molecule has 0 bridgehead atoms. The summed E-state index contributed by atoms with van der Waals surface area (Å²) in [7, 11) is 1.57. The Kier molecular flexibility index (Phi) is 5.14. The molecule has 2 unspecified atom stereocenters. The van der Waals surface area contributed by atoms with E-state index in [1.165, 1.54) is 0 Å². The number of carbonyl (C=O) groups excluding carboxylic acids is 2. The predicted octanol–water partition coefficient (Wildman–Crippen LogP) is 0.909. The second-order valence-electron chi connectivity index (χ2n) is 5.01. The van der Waals surface area contributed by atoms with E-state index >= 15 is 0 Å². The van der Waals surface area contributed by atoms with Gasteiger partial charge < -0.3 is 10.2 Å². The summed E-state index contributed by atoms with van der Waals surface area (Å²) in [5, 5.41) is 11.7. The first-order valence-corrected chi connectivity index (χ1v) is 6.44. The average Bonchev–Trinajstić information content (AvgIpc) is 2.38. The van der Waals surface area contributed by atoms with Gasteiger partial charge in [-0.25, -0.2) is 0 Å². The summed E-state index contributed by atoms with van der Waals surface area (Å²) in [6.45, 7) is 4.27. The molecule has 2 amide bonds. The summed E-state index contributed by atoms with van der Waals surface area (Å²) in [6, 6.07) is 1.64. The quantitative estimate of drug-likeness (QED) is 0.810. The Hall–Kier alpha value is -1.57. The first-order valence-electron chi connectivity index (χ1n) is 6.44. The Morgan fingerprint density at radius 2 is 2.06 bits per heavy atom. The van der Waals surface area contributed by atoms with Crippen LogP contribution in [-0.2, 0) is 9.59 Å². The molecule has 0 aromatic carbocycles. The van der Waals surface area contributed by atoms with E-state index in [4.69, 9.17) is 5.26 Å². The van der Waals surface area contributed by atoms with Crippen molar-refractivity contribution in [3.05, 3.63) is 0 Å². The first kappa shape index (κ1) is 14.5. The fourth-order valence-corrected chi connectivity index (χ4v) is 2.30. The molecule has 0 spiro atoms. The van der Waals surface area contributed by atoms with Crippen LogP contribution in [0.2, 0.25) is 0 Å². The van der Waals surface area contributed by atoms with Gasteiger partial charge >= 0.3 is 0 Å². The van der Waals surface area contributed by atoms with Crippen LogP contribution >= 0.6 is 0 Å². The topological polar surface area (TPSA) is 73.2 Å². The van der Waals surface area contributed by atoms with Crippen molar-refractivity contribution in [3.63, 3.8) is 0 Å². The molecule has 5 heteroatoms. The van der Waals surface area contributed by atoms with Gasteiger partial charge in [-0.3, -0.25) is 9.59 Å². The third-order valence-corrected chi connectivity index (χ3v) is 3.41. The van der Waals surface area contributed by atoms with E-state index in [0.717, 1.165) is 12.8 Å². The number of rotatable bonds is 3. The molecule has 5 nitrogen and oxygen atoms in total. The van der Waals surface area contributed by atoms with Crippen LogP contribution in [0, 0.1) is 23.2 Å². The van der Waals surface area contributed by atoms with Gasteiger partial charge in [-0.15, -0.1) is 0 Å². The van der Waals surface area contributed by atoms with Gasteiger partial charge in [-0.2, -0.15) is 5.26 Å². The minimum Gasteiger partial charge on any atom is -0.357 e. The van der Waals surface area contributed by atoms with Crippen molar-refractivity contribution in [3.8, 4) is 6.07 Å². The van der Waals surface area contributed by atoms with Gasteiger partial charge in [0.25, 0.3) is 0 Å². The molecule has 0 radical (unpaired) electrons. The second kappa shape index (κ2) is 6.39.